The molecule has 0 heterocycles. The molecule has 0 aromatic carbocycles. The highest BCUT2D eigenvalue weighted by Crippen LogP contribution is 2.16. The SMILES string of the molecule is Br[C@H]1C=CC[C@@H](Br)/C=C/C1. The third-order valence-corrected chi connectivity index (χ3v) is 2.77. The summed E-state index contributed by atoms with van der Waals surface area (Å²) in [5, 5.41) is 0. The van der Waals surface area contributed by atoms with Crippen molar-refractivity contribution < 1.29 is 0 Å². The van der Waals surface area contributed by atoms with Gasteiger partial charge >= 0.3 is 0 Å². The smallest absolute Gasteiger partial charge is 0.0359 e. The third-order valence-electron chi connectivity index (χ3n) is 1.41. The van der Waals surface area contributed by atoms with Gasteiger partial charge in [-0.15, -0.1) is 0 Å². The maximum Gasteiger partial charge on any atom is 0.0359 e. The fraction of sp³-hybridized carbons (Fsp3) is 0.500. The number of alkyl halides is 2. The summed E-state index contributed by atoms with van der Waals surface area (Å²) in [6, 6.07) is 0. The molecular formula is C8H10Br2. The lowest BCUT2D eigenvalue weighted by Gasteiger charge is -2.05. The summed E-state index contributed by atoms with van der Waals surface area (Å²) in [6.45, 7) is 0. The summed E-state index contributed by atoms with van der Waals surface area (Å²) in [6.07, 6.45) is 11.0. The standard InChI is InChI=1S/C8H10Br2/c9-7-3-1-4-8(10)6-2-5-7/h1-3,6-8H,4-5H2/b3-1+,6-2?/t7-,8+/m0/s1. The maximum atomic E-state index is 3.54. The highest BCUT2D eigenvalue weighted by atomic mass is 79.9. The van der Waals surface area contributed by atoms with Gasteiger partial charge in [0.05, 0.1) is 0 Å². The molecule has 0 aromatic rings. The van der Waals surface area contributed by atoms with E-state index in [1.165, 1.54) is 0 Å². The lowest BCUT2D eigenvalue weighted by atomic mass is 10.1. The van der Waals surface area contributed by atoms with Crippen LogP contribution in [0.3, 0.4) is 0 Å². The quantitative estimate of drug-likeness (QED) is 0.465. The predicted molar refractivity (Wildman–Crippen MR) is 52.9 cm³/mol. The fourth-order valence-corrected chi connectivity index (χ4v) is 1.73. The van der Waals surface area contributed by atoms with Gasteiger partial charge in [-0.2, -0.15) is 0 Å². The van der Waals surface area contributed by atoms with Crippen LogP contribution in [0.2, 0.25) is 0 Å². The van der Waals surface area contributed by atoms with E-state index in [1.807, 2.05) is 0 Å². The number of hydrogen-bond donors (Lipinski definition) is 0. The minimum absolute atomic E-state index is 0.531. The van der Waals surface area contributed by atoms with Gasteiger partial charge in [0, 0.05) is 9.65 Å². The topological polar surface area (TPSA) is 0 Å². The van der Waals surface area contributed by atoms with Gasteiger partial charge in [0.1, 0.15) is 0 Å². The van der Waals surface area contributed by atoms with Crippen LogP contribution >= 0.6 is 31.9 Å². The van der Waals surface area contributed by atoms with Crippen LogP contribution in [0.25, 0.3) is 0 Å². The molecule has 1 rings (SSSR count). The number of hydrogen-bond acceptors (Lipinski definition) is 0. The molecule has 1 aliphatic rings. The van der Waals surface area contributed by atoms with E-state index in [-0.39, 0.29) is 0 Å². The molecule has 0 N–H and O–H groups in total. The van der Waals surface area contributed by atoms with Gasteiger partial charge < -0.3 is 0 Å². The molecule has 0 amide bonds. The summed E-state index contributed by atoms with van der Waals surface area (Å²) in [5.74, 6) is 0. The van der Waals surface area contributed by atoms with E-state index in [9.17, 15) is 0 Å². The van der Waals surface area contributed by atoms with Crippen molar-refractivity contribution in [1.82, 2.24) is 0 Å². The predicted octanol–water partition coefficient (Wildman–Crippen LogP) is 3.42. The fourth-order valence-electron chi connectivity index (χ4n) is 0.870. The van der Waals surface area contributed by atoms with Crippen molar-refractivity contribution in [2.24, 2.45) is 0 Å². The minimum Gasteiger partial charge on any atom is -0.0860 e. The molecule has 0 aromatic heterocycles. The van der Waals surface area contributed by atoms with Crippen LogP contribution in [0, 0.1) is 0 Å². The van der Waals surface area contributed by atoms with Crippen LogP contribution < -0.4 is 0 Å². The van der Waals surface area contributed by atoms with Gasteiger partial charge in [0.25, 0.3) is 0 Å². The molecule has 0 aliphatic heterocycles. The Morgan fingerprint density at radius 1 is 0.900 bits per heavy atom. The Bertz CT molecular complexity index is 131. The summed E-state index contributed by atoms with van der Waals surface area (Å²) in [5.41, 5.74) is 0. The van der Waals surface area contributed by atoms with Crippen molar-refractivity contribution >= 4 is 31.9 Å². The second-order valence-corrected chi connectivity index (χ2v) is 4.71. The summed E-state index contributed by atoms with van der Waals surface area (Å²) >= 11 is 7.08. The van der Waals surface area contributed by atoms with Crippen molar-refractivity contribution in [3.63, 3.8) is 0 Å². The number of halogens is 2. The molecule has 0 nitrogen and oxygen atoms in total. The van der Waals surface area contributed by atoms with Crippen LogP contribution in [-0.2, 0) is 0 Å². The molecular weight excluding hydrogens is 256 g/mol. The molecule has 0 spiro atoms. The largest absolute Gasteiger partial charge is 0.0860 e. The third kappa shape index (κ3) is 3.02. The summed E-state index contributed by atoms with van der Waals surface area (Å²) in [4.78, 5) is 1.06. The second-order valence-electron chi connectivity index (χ2n) is 2.36. The van der Waals surface area contributed by atoms with E-state index in [0.29, 0.717) is 9.65 Å². The minimum atomic E-state index is 0.531. The highest BCUT2D eigenvalue weighted by molar-refractivity contribution is 9.09. The van der Waals surface area contributed by atoms with Gasteiger partial charge in [0.15, 0.2) is 0 Å². The normalized spacial score (nSPS) is 36.6. The van der Waals surface area contributed by atoms with Crippen LogP contribution in [0.4, 0.5) is 0 Å². The zero-order valence-corrected chi connectivity index (χ0v) is 8.81. The Labute approximate surface area is 78.6 Å². The van der Waals surface area contributed by atoms with Crippen molar-refractivity contribution in [2.45, 2.75) is 22.5 Å². The van der Waals surface area contributed by atoms with E-state index in [4.69, 9.17) is 0 Å². The van der Waals surface area contributed by atoms with E-state index in [1.54, 1.807) is 0 Å². The Hall–Kier alpha value is 0.440. The zero-order valence-electron chi connectivity index (χ0n) is 5.63. The molecule has 1 aliphatic carbocycles. The van der Waals surface area contributed by atoms with Crippen LogP contribution in [0.15, 0.2) is 24.3 Å². The Balaban J connectivity index is 2.48. The first-order chi connectivity index (χ1) is 4.79. The molecule has 0 fully saturated rings. The second kappa shape index (κ2) is 4.35. The van der Waals surface area contributed by atoms with Gasteiger partial charge in [0.2, 0.25) is 0 Å². The molecule has 2 heteroatoms. The zero-order chi connectivity index (χ0) is 7.40. The molecule has 0 saturated carbocycles. The first-order valence-electron chi connectivity index (χ1n) is 3.40. The molecule has 0 bridgehead atoms. The Morgan fingerprint density at radius 3 is 1.70 bits per heavy atom. The molecule has 0 radical (unpaired) electrons. The van der Waals surface area contributed by atoms with Gasteiger partial charge in [-0.25, -0.2) is 0 Å². The summed E-state index contributed by atoms with van der Waals surface area (Å²) in [7, 11) is 0. The van der Waals surface area contributed by atoms with Crippen LogP contribution in [-0.4, -0.2) is 9.65 Å². The highest BCUT2D eigenvalue weighted by Gasteiger charge is 2.01. The molecule has 2 atom stereocenters. The molecule has 56 valence electrons. The summed E-state index contributed by atoms with van der Waals surface area (Å²) < 4.78 is 0. The van der Waals surface area contributed by atoms with E-state index < -0.39 is 0 Å². The van der Waals surface area contributed by atoms with Crippen molar-refractivity contribution in [1.29, 1.82) is 0 Å². The lowest BCUT2D eigenvalue weighted by Crippen LogP contribution is -1.97. The Morgan fingerprint density at radius 2 is 1.30 bits per heavy atom. The van der Waals surface area contributed by atoms with Crippen LogP contribution in [0.5, 0.6) is 0 Å². The van der Waals surface area contributed by atoms with E-state index >= 15 is 0 Å². The Kier molecular flexibility index (Phi) is 3.71. The average molecular weight is 266 g/mol. The van der Waals surface area contributed by atoms with Gasteiger partial charge in [-0.1, -0.05) is 56.2 Å². The number of allylic oxidation sites excluding steroid dienone is 4. The average Bonchev–Trinajstić information content (AvgIpc) is 1.84. The first kappa shape index (κ1) is 8.54. The van der Waals surface area contributed by atoms with Crippen molar-refractivity contribution in [3.05, 3.63) is 24.3 Å². The van der Waals surface area contributed by atoms with Crippen LogP contribution in [0.1, 0.15) is 12.8 Å². The maximum absolute atomic E-state index is 3.54. The number of rotatable bonds is 0. The van der Waals surface area contributed by atoms with Crippen molar-refractivity contribution in [3.8, 4) is 0 Å². The molecule has 10 heavy (non-hydrogen) atoms. The first-order valence-corrected chi connectivity index (χ1v) is 5.23. The molecule has 0 unspecified atom stereocenters. The van der Waals surface area contributed by atoms with Gasteiger partial charge in [-0.05, 0) is 12.8 Å². The monoisotopic (exact) mass is 264 g/mol. The van der Waals surface area contributed by atoms with Crippen molar-refractivity contribution in [2.75, 3.05) is 0 Å². The lowest BCUT2D eigenvalue weighted by molar-refractivity contribution is 1.00. The molecule has 0 saturated heterocycles. The van der Waals surface area contributed by atoms with E-state index in [0.717, 1.165) is 12.8 Å². The van der Waals surface area contributed by atoms with E-state index in [2.05, 4.69) is 56.2 Å². The van der Waals surface area contributed by atoms with Gasteiger partial charge in [-0.3, -0.25) is 0 Å².